The van der Waals surface area contributed by atoms with Crippen molar-refractivity contribution in [1.29, 1.82) is 0 Å². The van der Waals surface area contributed by atoms with Gasteiger partial charge in [-0.2, -0.15) is 5.10 Å². The third kappa shape index (κ3) is 3.73. The van der Waals surface area contributed by atoms with E-state index in [0.29, 0.717) is 6.04 Å². The Labute approximate surface area is 103 Å². The Morgan fingerprint density at radius 2 is 2.24 bits per heavy atom. The molecule has 0 atom stereocenters. The van der Waals surface area contributed by atoms with Gasteiger partial charge in [-0.25, -0.2) is 0 Å². The molecule has 1 aromatic heterocycles. The molecule has 1 N–H and O–H groups in total. The Morgan fingerprint density at radius 3 is 2.88 bits per heavy atom. The smallest absolute Gasteiger partial charge is 0.157 e. The number of ether oxygens (including phenoxy) is 1. The number of rotatable bonds is 5. The molecule has 1 fully saturated rings. The first kappa shape index (κ1) is 12.4. The number of piperidine rings is 1. The molecule has 0 aliphatic carbocycles. The highest BCUT2D eigenvalue weighted by molar-refractivity contribution is 5.11. The van der Waals surface area contributed by atoms with Crippen LogP contribution in [0.1, 0.15) is 39.2 Å². The average Bonchev–Trinajstić information content (AvgIpc) is 2.79. The van der Waals surface area contributed by atoms with E-state index in [0.717, 1.165) is 37.8 Å². The molecule has 96 valence electrons. The van der Waals surface area contributed by atoms with Crippen LogP contribution in [0.2, 0.25) is 0 Å². The first-order valence-corrected chi connectivity index (χ1v) is 6.63. The topological polar surface area (TPSA) is 39.1 Å². The molecule has 0 radical (unpaired) electrons. The van der Waals surface area contributed by atoms with Crippen LogP contribution < -0.4 is 10.1 Å². The van der Waals surface area contributed by atoms with Crippen LogP contribution in [0.5, 0.6) is 5.75 Å². The van der Waals surface area contributed by atoms with E-state index in [2.05, 4.69) is 24.3 Å². The molecule has 4 nitrogen and oxygen atoms in total. The highest BCUT2D eigenvalue weighted by atomic mass is 16.5. The maximum Gasteiger partial charge on any atom is 0.157 e. The molecule has 1 aliphatic heterocycles. The first-order chi connectivity index (χ1) is 8.25. The van der Waals surface area contributed by atoms with Crippen LogP contribution in [0.3, 0.4) is 0 Å². The third-order valence-electron chi connectivity index (χ3n) is 3.36. The van der Waals surface area contributed by atoms with E-state index >= 15 is 0 Å². The van der Waals surface area contributed by atoms with Crippen LogP contribution in [0.25, 0.3) is 0 Å². The number of aromatic nitrogens is 2. The van der Waals surface area contributed by atoms with Gasteiger partial charge in [0, 0.05) is 6.04 Å². The van der Waals surface area contributed by atoms with Crippen LogP contribution >= 0.6 is 0 Å². The lowest BCUT2D eigenvalue weighted by Gasteiger charge is -2.22. The van der Waals surface area contributed by atoms with Crippen molar-refractivity contribution >= 4 is 0 Å². The summed E-state index contributed by atoms with van der Waals surface area (Å²) in [6.07, 6.45) is 7.52. The predicted octanol–water partition coefficient (Wildman–Crippen LogP) is 2.23. The van der Waals surface area contributed by atoms with Gasteiger partial charge < -0.3 is 10.1 Å². The molecular formula is C13H23N3O. The SMILES string of the molecule is CC(C)n1cc(OCCC2CCNCC2)cn1. The van der Waals surface area contributed by atoms with E-state index < -0.39 is 0 Å². The predicted molar refractivity (Wildman–Crippen MR) is 68.3 cm³/mol. The Bertz CT molecular complexity index is 329. The Hall–Kier alpha value is -1.03. The van der Waals surface area contributed by atoms with Crippen molar-refractivity contribution in [3.63, 3.8) is 0 Å². The molecule has 2 rings (SSSR count). The molecular weight excluding hydrogens is 214 g/mol. The van der Waals surface area contributed by atoms with Crippen molar-refractivity contribution in [2.24, 2.45) is 5.92 Å². The van der Waals surface area contributed by atoms with Gasteiger partial charge in [0.1, 0.15) is 0 Å². The van der Waals surface area contributed by atoms with E-state index in [1.807, 2.05) is 17.1 Å². The summed E-state index contributed by atoms with van der Waals surface area (Å²) in [6.45, 7) is 7.37. The minimum Gasteiger partial charge on any atom is -0.490 e. The molecule has 4 heteroatoms. The maximum absolute atomic E-state index is 5.74. The van der Waals surface area contributed by atoms with Crippen LogP contribution in [0.15, 0.2) is 12.4 Å². The van der Waals surface area contributed by atoms with E-state index in [4.69, 9.17) is 4.74 Å². The van der Waals surface area contributed by atoms with Crippen molar-refractivity contribution in [2.75, 3.05) is 19.7 Å². The van der Waals surface area contributed by atoms with Gasteiger partial charge in [0.05, 0.1) is 19.0 Å². The minimum atomic E-state index is 0.400. The second-order valence-electron chi connectivity index (χ2n) is 5.08. The first-order valence-electron chi connectivity index (χ1n) is 6.63. The molecule has 0 unspecified atom stereocenters. The lowest BCUT2D eigenvalue weighted by molar-refractivity contribution is 0.251. The van der Waals surface area contributed by atoms with Crippen molar-refractivity contribution in [3.05, 3.63) is 12.4 Å². The van der Waals surface area contributed by atoms with Gasteiger partial charge in [0.15, 0.2) is 5.75 Å². The summed E-state index contributed by atoms with van der Waals surface area (Å²) >= 11 is 0. The maximum atomic E-state index is 5.74. The second-order valence-corrected chi connectivity index (χ2v) is 5.08. The number of hydrogen-bond acceptors (Lipinski definition) is 3. The Balaban J connectivity index is 1.70. The van der Waals surface area contributed by atoms with Gasteiger partial charge in [0.2, 0.25) is 0 Å². The highest BCUT2D eigenvalue weighted by Gasteiger charge is 2.12. The molecule has 1 aliphatic rings. The van der Waals surface area contributed by atoms with E-state index in [9.17, 15) is 0 Å². The number of nitrogens with one attached hydrogen (secondary N) is 1. The monoisotopic (exact) mass is 237 g/mol. The van der Waals surface area contributed by atoms with E-state index in [1.54, 1.807) is 0 Å². The average molecular weight is 237 g/mol. The third-order valence-corrected chi connectivity index (χ3v) is 3.36. The van der Waals surface area contributed by atoms with E-state index in [-0.39, 0.29) is 0 Å². The van der Waals surface area contributed by atoms with E-state index in [1.165, 1.54) is 12.8 Å². The van der Waals surface area contributed by atoms with Crippen LogP contribution in [0.4, 0.5) is 0 Å². The van der Waals surface area contributed by atoms with Gasteiger partial charge in [-0.3, -0.25) is 4.68 Å². The Kier molecular flexibility index (Phi) is 4.42. The lowest BCUT2D eigenvalue weighted by atomic mass is 9.95. The molecule has 1 saturated heterocycles. The zero-order chi connectivity index (χ0) is 12.1. The fraction of sp³-hybridized carbons (Fsp3) is 0.769. The van der Waals surface area contributed by atoms with Gasteiger partial charge in [-0.1, -0.05) is 0 Å². The second kappa shape index (κ2) is 6.05. The van der Waals surface area contributed by atoms with Gasteiger partial charge in [-0.05, 0) is 52.1 Å². The minimum absolute atomic E-state index is 0.400. The summed E-state index contributed by atoms with van der Waals surface area (Å²) in [7, 11) is 0. The number of nitrogens with zero attached hydrogens (tertiary/aromatic N) is 2. The van der Waals surface area contributed by atoms with Crippen molar-refractivity contribution in [1.82, 2.24) is 15.1 Å². The molecule has 0 bridgehead atoms. The molecule has 0 saturated carbocycles. The van der Waals surface area contributed by atoms with Crippen molar-refractivity contribution in [2.45, 2.75) is 39.2 Å². The zero-order valence-corrected chi connectivity index (χ0v) is 10.9. The van der Waals surface area contributed by atoms with Crippen LogP contribution in [0, 0.1) is 5.92 Å². The summed E-state index contributed by atoms with van der Waals surface area (Å²) in [6, 6.07) is 0.400. The summed E-state index contributed by atoms with van der Waals surface area (Å²) in [5, 5.41) is 7.65. The summed E-state index contributed by atoms with van der Waals surface area (Å²) in [5.74, 6) is 1.73. The Morgan fingerprint density at radius 1 is 1.47 bits per heavy atom. The molecule has 2 heterocycles. The summed E-state index contributed by atoms with van der Waals surface area (Å²) in [5.41, 5.74) is 0. The molecule has 17 heavy (non-hydrogen) atoms. The van der Waals surface area contributed by atoms with Crippen molar-refractivity contribution in [3.8, 4) is 5.75 Å². The molecule has 0 spiro atoms. The molecule has 0 aromatic carbocycles. The lowest BCUT2D eigenvalue weighted by Crippen LogP contribution is -2.28. The summed E-state index contributed by atoms with van der Waals surface area (Å²) in [4.78, 5) is 0. The molecule has 1 aromatic rings. The van der Waals surface area contributed by atoms with Gasteiger partial charge in [0.25, 0.3) is 0 Å². The number of hydrogen-bond donors (Lipinski definition) is 1. The van der Waals surface area contributed by atoms with Gasteiger partial charge >= 0.3 is 0 Å². The normalized spacial score (nSPS) is 17.6. The zero-order valence-electron chi connectivity index (χ0n) is 10.9. The highest BCUT2D eigenvalue weighted by Crippen LogP contribution is 2.17. The van der Waals surface area contributed by atoms with Crippen LogP contribution in [-0.4, -0.2) is 29.5 Å². The fourth-order valence-electron chi connectivity index (χ4n) is 2.19. The standard InChI is InChI=1S/C13H23N3O/c1-11(2)16-10-13(9-15-16)17-8-5-12-3-6-14-7-4-12/h9-12,14H,3-8H2,1-2H3. The van der Waals surface area contributed by atoms with Crippen LogP contribution in [-0.2, 0) is 0 Å². The largest absolute Gasteiger partial charge is 0.490 e. The molecule has 0 amide bonds. The fourth-order valence-corrected chi connectivity index (χ4v) is 2.19. The van der Waals surface area contributed by atoms with Crippen molar-refractivity contribution < 1.29 is 4.74 Å². The summed E-state index contributed by atoms with van der Waals surface area (Å²) < 4.78 is 7.67. The van der Waals surface area contributed by atoms with Gasteiger partial charge in [-0.15, -0.1) is 0 Å². The quantitative estimate of drug-likeness (QED) is 0.853.